The molecule has 0 spiro atoms. The molecule has 0 bridgehead atoms. The highest BCUT2D eigenvalue weighted by atomic mass is 32.2. The molecule has 6 nitrogen and oxygen atoms in total. The molecule has 1 aliphatic heterocycles. The highest BCUT2D eigenvalue weighted by Crippen LogP contribution is 2.27. The van der Waals surface area contributed by atoms with Gasteiger partial charge in [0.2, 0.25) is 5.91 Å². The number of anilines is 1. The molecule has 1 fully saturated rings. The number of hydrogen-bond acceptors (Lipinski definition) is 6. The minimum atomic E-state index is -1.00. The van der Waals surface area contributed by atoms with Gasteiger partial charge in [0.25, 0.3) is 0 Å². The molecule has 2 heterocycles. The van der Waals surface area contributed by atoms with E-state index in [9.17, 15) is 9.59 Å². The molecule has 8 heteroatoms. The van der Waals surface area contributed by atoms with Gasteiger partial charge in [-0.05, 0) is 48.9 Å². The van der Waals surface area contributed by atoms with E-state index in [2.05, 4.69) is 28.5 Å². The lowest BCUT2D eigenvalue weighted by atomic mass is 10.1. The van der Waals surface area contributed by atoms with Crippen molar-refractivity contribution < 1.29 is 14.7 Å². The van der Waals surface area contributed by atoms with Crippen molar-refractivity contribution in [2.75, 3.05) is 24.2 Å². The molecular formula is C20H23N3O3S2. The van der Waals surface area contributed by atoms with Crippen LogP contribution in [0.5, 0.6) is 0 Å². The van der Waals surface area contributed by atoms with Crippen molar-refractivity contribution in [2.45, 2.75) is 42.5 Å². The van der Waals surface area contributed by atoms with Gasteiger partial charge in [-0.3, -0.25) is 4.79 Å². The number of amides is 1. The number of aromatic nitrogens is 1. The second-order valence-electron chi connectivity index (χ2n) is 7.15. The number of hydrogen-bond donors (Lipinski definition) is 2. The van der Waals surface area contributed by atoms with Gasteiger partial charge in [-0.15, -0.1) is 11.3 Å². The molecule has 148 valence electrons. The molecule has 2 aliphatic rings. The van der Waals surface area contributed by atoms with Gasteiger partial charge in [-0.25, -0.2) is 9.78 Å². The number of nitrogens with one attached hydrogen (secondary N) is 1. The van der Waals surface area contributed by atoms with E-state index in [1.165, 1.54) is 47.1 Å². The fraction of sp³-hybridized carbons (Fsp3) is 0.450. The first-order valence-electron chi connectivity index (χ1n) is 9.57. The van der Waals surface area contributed by atoms with Crippen LogP contribution in [-0.2, 0) is 17.6 Å². The molecule has 2 aromatic rings. The van der Waals surface area contributed by atoms with Gasteiger partial charge in [0.1, 0.15) is 0 Å². The van der Waals surface area contributed by atoms with Crippen LogP contribution < -0.4 is 5.32 Å². The Labute approximate surface area is 172 Å². The van der Waals surface area contributed by atoms with Crippen LogP contribution in [0.4, 0.5) is 5.69 Å². The van der Waals surface area contributed by atoms with Gasteiger partial charge in [-0.1, -0.05) is 17.8 Å². The van der Waals surface area contributed by atoms with Gasteiger partial charge < -0.3 is 15.3 Å². The van der Waals surface area contributed by atoms with Crippen LogP contribution in [0.3, 0.4) is 0 Å². The number of thioether (sulfide) groups is 1. The number of carboxylic acids is 1. The van der Waals surface area contributed by atoms with E-state index < -0.39 is 5.97 Å². The third-order valence-corrected chi connectivity index (χ3v) is 7.35. The van der Waals surface area contributed by atoms with E-state index in [1.54, 1.807) is 5.38 Å². The first kappa shape index (κ1) is 19.3. The molecule has 28 heavy (non-hydrogen) atoms. The molecular weight excluding hydrogens is 394 g/mol. The molecule has 1 aliphatic carbocycles. The lowest BCUT2D eigenvalue weighted by molar-refractivity contribution is -0.128. The van der Waals surface area contributed by atoms with Crippen molar-refractivity contribution in [1.82, 2.24) is 9.88 Å². The Morgan fingerprint density at radius 2 is 2.18 bits per heavy atom. The van der Waals surface area contributed by atoms with Crippen molar-refractivity contribution in [3.05, 3.63) is 40.4 Å². The first-order valence-corrected chi connectivity index (χ1v) is 11.4. The molecule has 0 saturated carbocycles. The predicted octanol–water partition coefficient (Wildman–Crippen LogP) is 3.53. The fourth-order valence-electron chi connectivity index (χ4n) is 3.88. The van der Waals surface area contributed by atoms with Crippen molar-refractivity contribution in [1.29, 1.82) is 0 Å². The zero-order valence-electron chi connectivity index (χ0n) is 15.5. The maximum Gasteiger partial charge on any atom is 0.355 e. The Hall–Kier alpha value is -2.06. The minimum absolute atomic E-state index is 0.0844. The maximum atomic E-state index is 12.3. The summed E-state index contributed by atoms with van der Waals surface area (Å²) < 4.78 is 0.733. The SMILES string of the molecule is O=C(O)c1csc(SCCN2C(=O)CCC2CNc2ccc3c(c2)CCC3)n1. The van der Waals surface area contributed by atoms with Gasteiger partial charge >= 0.3 is 5.97 Å². The van der Waals surface area contributed by atoms with Gasteiger partial charge in [0, 0.05) is 42.4 Å². The minimum Gasteiger partial charge on any atom is -0.476 e. The predicted molar refractivity (Wildman–Crippen MR) is 111 cm³/mol. The molecule has 1 atom stereocenters. The van der Waals surface area contributed by atoms with Crippen molar-refractivity contribution in [2.24, 2.45) is 0 Å². The second-order valence-corrected chi connectivity index (χ2v) is 9.35. The summed E-state index contributed by atoms with van der Waals surface area (Å²) in [4.78, 5) is 29.2. The van der Waals surface area contributed by atoms with Crippen LogP contribution in [0.25, 0.3) is 0 Å². The highest BCUT2D eigenvalue weighted by molar-refractivity contribution is 8.01. The van der Waals surface area contributed by atoms with Crippen LogP contribution in [0, 0.1) is 0 Å². The monoisotopic (exact) mass is 417 g/mol. The van der Waals surface area contributed by atoms with Crippen molar-refractivity contribution >= 4 is 40.7 Å². The quantitative estimate of drug-likeness (QED) is 0.640. The number of nitrogens with zero attached hydrogens (tertiary/aromatic N) is 2. The summed E-state index contributed by atoms with van der Waals surface area (Å²) in [7, 11) is 0. The molecule has 1 aromatic carbocycles. The third kappa shape index (κ3) is 4.33. The summed E-state index contributed by atoms with van der Waals surface area (Å²) >= 11 is 2.84. The number of aryl methyl sites for hydroxylation is 2. The van der Waals surface area contributed by atoms with E-state index >= 15 is 0 Å². The van der Waals surface area contributed by atoms with Crippen LogP contribution in [-0.4, -0.2) is 51.8 Å². The lowest BCUT2D eigenvalue weighted by Gasteiger charge is -2.25. The van der Waals surface area contributed by atoms with Crippen LogP contribution in [0.1, 0.15) is 40.9 Å². The van der Waals surface area contributed by atoms with Crippen LogP contribution in [0.15, 0.2) is 27.9 Å². The average Bonchev–Trinajstić information content (AvgIpc) is 3.41. The number of thiazole rings is 1. The largest absolute Gasteiger partial charge is 0.476 e. The van der Waals surface area contributed by atoms with E-state index in [1.807, 2.05) is 4.90 Å². The molecule has 0 radical (unpaired) electrons. The van der Waals surface area contributed by atoms with Gasteiger partial charge in [-0.2, -0.15) is 0 Å². The molecule has 4 rings (SSSR count). The number of benzene rings is 1. The summed E-state index contributed by atoms with van der Waals surface area (Å²) in [6.07, 6.45) is 5.07. The summed E-state index contributed by atoms with van der Waals surface area (Å²) in [5, 5.41) is 14.0. The van der Waals surface area contributed by atoms with E-state index in [0.29, 0.717) is 18.7 Å². The first-order chi connectivity index (χ1) is 13.6. The Morgan fingerprint density at radius 1 is 1.32 bits per heavy atom. The van der Waals surface area contributed by atoms with Crippen molar-refractivity contribution in [3.63, 3.8) is 0 Å². The summed E-state index contributed by atoms with van der Waals surface area (Å²) in [6, 6.07) is 6.82. The van der Waals surface area contributed by atoms with Crippen LogP contribution in [0.2, 0.25) is 0 Å². The summed E-state index contributed by atoms with van der Waals surface area (Å²) in [5.74, 6) is -0.0876. The second kappa shape index (κ2) is 8.53. The zero-order chi connectivity index (χ0) is 19.5. The average molecular weight is 418 g/mol. The highest BCUT2D eigenvalue weighted by Gasteiger charge is 2.30. The number of likely N-dealkylation sites (tertiary alicyclic amines) is 1. The normalized spacial score (nSPS) is 18.5. The molecule has 2 N–H and O–H groups in total. The number of carbonyl (C=O) groups excluding carboxylic acids is 1. The number of carboxylic acid groups (broad SMARTS) is 1. The van der Waals surface area contributed by atoms with E-state index in [0.717, 1.165) is 29.4 Å². The zero-order valence-corrected chi connectivity index (χ0v) is 17.2. The molecule has 1 amide bonds. The Bertz CT molecular complexity index is 883. The fourth-order valence-corrected chi connectivity index (χ4v) is 5.69. The smallest absolute Gasteiger partial charge is 0.355 e. The van der Waals surface area contributed by atoms with Crippen molar-refractivity contribution in [3.8, 4) is 0 Å². The number of carbonyl (C=O) groups is 2. The number of fused-ring (bicyclic) bond motifs is 1. The lowest BCUT2D eigenvalue weighted by Crippen LogP contribution is -2.39. The topological polar surface area (TPSA) is 82.5 Å². The van der Waals surface area contributed by atoms with Gasteiger partial charge in [0.05, 0.1) is 0 Å². The number of aromatic carboxylic acids is 1. The Balaban J connectivity index is 1.28. The van der Waals surface area contributed by atoms with E-state index in [-0.39, 0.29) is 17.6 Å². The standard InChI is InChI=1S/C20H23N3O3S2/c24-18-7-6-16(11-21-15-5-4-13-2-1-3-14(13)10-15)23(18)8-9-27-20-22-17(12-28-20)19(25)26/h4-5,10,12,16,21H,1-3,6-9,11H2,(H,25,26). The Morgan fingerprint density at radius 3 is 3.00 bits per heavy atom. The van der Waals surface area contributed by atoms with E-state index in [4.69, 9.17) is 5.11 Å². The van der Waals surface area contributed by atoms with Gasteiger partial charge in [0.15, 0.2) is 10.0 Å². The summed E-state index contributed by atoms with van der Waals surface area (Å²) in [6.45, 7) is 1.41. The Kier molecular flexibility index (Phi) is 5.87. The number of rotatable bonds is 8. The molecule has 1 aromatic heterocycles. The molecule has 1 unspecified atom stereocenters. The molecule has 1 saturated heterocycles. The summed E-state index contributed by atoms with van der Waals surface area (Å²) in [5.41, 5.74) is 4.14. The maximum absolute atomic E-state index is 12.3. The van der Waals surface area contributed by atoms with Crippen LogP contribution >= 0.6 is 23.1 Å². The third-order valence-electron chi connectivity index (χ3n) is 5.35.